The quantitative estimate of drug-likeness (QED) is 0.674. The van der Waals surface area contributed by atoms with Crippen LogP contribution in [-0.4, -0.2) is 50.1 Å². The zero-order chi connectivity index (χ0) is 17.2. The number of benzene rings is 1. The third-order valence-corrected chi connectivity index (χ3v) is 3.51. The van der Waals surface area contributed by atoms with Gasteiger partial charge in [0.1, 0.15) is 6.54 Å². The molecule has 0 spiro atoms. The fourth-order valence-electron chi connectivity index (χ4n) is 1.90. The van der Waals surface area contributed by atoms with Crippen LogP contribution in [0.5, 0.6) is 0 Å². The second-order valence-electron chi connectivity index (χ2n) is 4.84. The lowest BCUT2D eigenvalue weighted by Gasteiger charge is -2.21. The van der Waals surface area contributed by atoms with Gasteiger partial charge >= 0.3 is 11.9 Å². The first-order valence-electron chi connectivity index (χ1n) is 7.12. The van der Waals surface area contributed by atoms with Gasteiger partial charge in [-0.25, -0.2) is 0 Å². The molecule has 0 bridgehead atoms. The number of carbonyl (C=O) groups excluding carboxylic acids is 3. The minimum absolute atomic E-state index is 0.0280. The van der Waals surface area contributed by atoms with E-state index in [2.05, 4.69) is 9.47 Å². The molecule has 7 heteroatoms. The second kappa shape index (κ2) is 9.84. The summed E-state index contributed by atoms with van der Waals surface area (Å²) in [4.78, 5) is 36.2. The van der Waals surface area contributed by atoms with Crippen LogP contribution in [0.4, 0.5) is 0 Å². The summed E-state index contributed by atoms with van der Waals surface area (Å²) in [6, 6.07) is 7.19. The number of methoxy groups -OCH3 is 2. The van der Waals surface area contributed by atoms with Crippen molar-refractivity contribution in [3.8, 4) is 0 Å². The van der Waals surface area contributed by atoms with Gasteiger partial charge in [-0.1, -0.05) is 23.7 Å². The number of rotatable bonds is 8. The minimum Gasteiger partial charge on any atom is -0.469 e. The molecule has 1 aromatic rings. The maximum atomic E-state index is 12.3. The van der Waals surface area contributed by atoms with Crippen molar-refractivity contribution in [2.24, 2.45) is 0 Å². The van der Waals surface area contributed by atoms with Gasteiger partial charge in [0.25, 0.3) is 0 Å². The van der Waals surface area contributed by atoms with Crippen LogP contribution in [0.3, 0.4) is 0 Å². The van der Waals surface area contributed by atoms with Gasteiger partial charge in [0.15, 0.2) is 0 Å². The summed E-state index contributed by atoms with van der Waals surface area (Å²) >= 11 is 5.81. The molecule has 0 fully saturated rings. The fourth-order valence-corrected chi connectivity index (χ4v) is 2.03. The first kappa shape index (κ1) is 19.0. The Morgan fingerprint density at radius 1 is 1.00 bits per heavy atom. The van der Waals surface area contributed by atoms with Crippen LogP contribution in [0.25, 0.3) is 0 Å². The van der Waals surface area contributed by atoms with Crippen LogP contribution in [0.2, 0.25) is 5.02 Å². The van der Waals surface area contributed by atoms with Crippen molar-refractivity contribution < 1.29 is 23.9 Å². The SMILES string of the molecule is COC(=O)CCN(CC(=O)OC)C(=O)CCc1ccc(Cl)cc1. The van der Waals surface area contributed by atoms with Gasteiger partial charge in [0.2, 0.25) is 5.91 Å². The van der Waals surface area contributed by atoms with Crippen molar-refractivity contribution in [1.29, 1.82) is 0 Å². The molecule has 1 amide bonds. The molecular formula is C16H20ClNO5. The van der Waals surface area contributed by atoms with Crippen molar-refractivity contribution in [3.63, 3.8) is 0 Å². The molecule has 23 heavy (non-hydrogen) atoms. The van der Waals surface area contributed by atoms with E-state index >= 15 is 0 Å². The molecule has 0 unspecified atom stereocenters. The largest absolute Gasteiger partial charge is 0.469 e. The molecule has 0 saturated heterocycles. The average molecular weight is 342 g/mol. The van der Waals surface area contributed by atoms with Gasteiger partial charge in [-0.2, -0.15) is 0 Å². The highest BCUT2D eigenvalue weighted by atomic mass is 35.5. The summed E-state index contributed by atoms with van der Waals surface area (Å²) in [5, 5.41) is 0.630. The molecule has 6 nitrogen and oxygen atoms in total. The summed E-state index contributed by atoms with van der Waals surface area (Å²) in [6.07, 6.45) is 0.770. The van der Waals surface area contributed by atoms with Gasteiger partial charge < -0.3 is 14.4 Å². The molecule has 0 aromatic heterocycles. The number of amides is 1. The topological polar surface area (TPSA) is 72.9 Å². The number of hydrogen-bond acceptors (Lipinski definition) is 5. The highest BCUT2D eigenvalue weighted by molar-refractivity contribution is 6.30. The molecule has 0 aliphatic rings. The Balaban J connectivity index is 2.60. The normalized spacial score (nSPS) is 10.0. The van der Waals surface area contributed by atoms with E-state index in [0.29, 0.717) is 11.4 Å². The van der Waals surface area contributed by atoms with Crippen molar-refractivity contribution in [2.45, 2.75) is 19.3 Å². The molecular weight excluding hydrogens is 322 g/mol. The summed E-state index contributed by atoms with van der Waals surface area (Å²) < 4.78 is 9.12. The highest BCUT2D eigenvalue weighted by Gasteiger charge is 2.18. The zero-order valence-electron chi connectivity index (χ0n) is 13.2. The first-order valence-corrected chi connectivity index (χ1v) is 7.50. The van der Waals surface area contributed by atoms with Crippen molar-refractivity contribution >= 4 is 29.4 Å². The Bertz CT molecular complexity index is 544. The standard InChI is InChI=1S/C16H20ClNO5/c1-22-15(20)9-10-18(11-16(21)23-2)14(19)8-5-12-3-6-13(17)7-4-12/h3-4,6-7H,5,8-11H2,1-2H3. The maximum Gasteiger partial charge on any atom is 0.325 e. The van der Waals surface area contributed by atoms with E-state index in [4.69, 9.17) is 11.6 Å². The number of aryl methyl sites for hydroxylation is 1. The molecule has 0 aliphatic carbocycles. The van der Waals surface area contributed by atoms with Gasteiger partial charge in [0.05, 0.1) is 20.6 Å². The number of nitrogens with zero attached hydrogens (tertiary/aromatic N) is 1. The van der Waals surface area contributed by atoms with Crippen molar-refractivity contribution in [1.82, 2.24) is 4.90 Å². The van der Waals surface area contributed by atoms with E-state index in [9.17, 15) is 14.4 Å². The molecule has 0 heterocycles. The Morgan fingerprint density at radius 3 is 2.17 bits per heavy atom. The Morgan fingerprint density at radius 2 is 1.61 bits per heavy atom. The van der Waals surface area contributed by atoms with Crippen molar-refractivity contribution in [3.05, 3.63) is 34.9 Å². The summed E-state index contributed by atoms with van der Waals surface area (Å²) in [5.74, 6) is -1.20. The number of carbonyl (C=O) groups is 3. The van der Waals surface area contributed by atoms with Crippen LogP contribution in [0.1, 0.15) is 18.4 Å². The average Bonchev–Trinajstić information content (AvgIpc) is 2.57. The molecule has 0 atom stereocenters. The third-order valence-electron chi connectivity index (χ3n) is 3.25. The summed E-state index contributed by atoms with van der Waals surface area (Å²) in [5.41, 5.74) is 0.966. The Hall–Kier alpha value is -2.08. The fraction of sp³-hybridized carbons (Fsp3) is 0.438. The lowest BCUT2D eigenvalue weighted by molar-refractivity contribution is -0.148. The van der Waals surface area contributed by atoms with Crippen LogP contribution in [0.15, 0.2) is 24.3 Å². The van der Waals surface area contributed by atoms with Gasteiger partial charge in [-0.05, 0) is 24.1 Å². The Labute approximate surface area is 140 Å². The van der Waals surface area contributed by atoms with E-state index in [1.165, 1.54) is 19.1 Å². The number of hydrogen-bond donors (Lipinski definition) is 0. The highest BCUT2D eigenvalue weighted by Crippen LogP contribution is 2.12. The predicted molar refractivity (Wildman–Crippen MR) is 85.0 cm³/mol. The monoisotopic (exact) mass is 341 g/mol. The van der Waals surface area contributed by atoms with E-state index < -0.39 is 11.9 Å². The van der Waals surface area contributed by atoms with Gasteiger partial charge in [-0.15, -0.1) is 0 Å². The number of esters is 2. The van der Waals surface area contributed by atoms with Crippen LogP contribution >= 0.6 is 11.6 Å². The molecule has 1 aromatic carbocycles. The lowest BCUT2D eigenvalue weighted by Crippen LogP contribution is -2.38. The van der Waals surface area contributed by atoms with Crippen LogP contribution in [0, 0.1) is 0 Å². The van der Waals surface area contributed by atoms with Gasteiger partial charge in [-0.3, -0.25) is 14.4 Å². The lowest BCUT2D eigenvalue weighted by atomic mass is 10.1. The van der Waals surface area contributed by atoms with Crippen LogP contribution < -0.4 is 0 Å². The molecule has 0 N–H and O–H groups in total. The Kier molecular flexibility index (Phi) is 8.11. The molecule has 126 valence electrons. The maximum absolute atomic E-state index is 12.3. The van der Waals surface area contributed by atoms with Gasteiger partial charge in [0, 0.05) is 18.0 Å². The predicted octanol–water partition coefficient (Wildman–Crippen LogP) is 1.84. The zero-order valence-corrected chi connectivity index (χ0v) is 14.0. The van der Waals surface area contributed by atoms with Crippen molar-refractivity contribution in [2.75, 3.05) is 27.3 Å². The number of halogens is 1. The molecule has 0 radical (unpaired) electrons. The smallest absolute Gasteiger partial charge is 0.325 e. The number of ether oxygens (including phenoxy) is 2. The third kappa shape index (κ3) is 7.15. The summed E-state index contributed by atoms with van der Waals surface area (Å²) in [6.45, 7) is -0.0752. The van der Waals surface area contributed by atoms with Crippen LogP contribution in [-0.2, 0) is 30.3 Å². The minimum atomic E-state index is -0.533. The second-order valence-corrected chi connectivity index (χ2v) is 5.28. The van der Waals surface area contributed by atoms with E-state index in [0.717, 1.165) is 5.56 Å². The van der Waals surface area contributed by atoms with E-state index in [-0.39, 0.29) is 31.8 Å². The first-order chi connectivity index (χ1) is 11.0. The molecule has 1 rings (SSSR count). The summed E-state index contributed by atoms with van der Waals surface area (Å²) in [7, 11) is 2.52. The van der Waals surface area contributed by atoms with E-state index in [1.54, 1.807) is 12.1 Å². The molecule has 0 aliphatic heterocycles. The molecule has 0 saturated carbocycles. The van der Waals surface area contributed by atoms with E-state index in [1.807, 2.05) is 12.1 Å².